The number of thiophene rings is 1. The van der Waals surface area contributed by atoms with Gasteiger partial charge >= 0.3 is 5.97 Å². The molecule has 1 aromatic heterocycles. The van der Waals surface area contributed by atoms with E-state index in [2.05, 4.69) is 6.92 Å². The number of carbonyl (C=O) groups excluding carboxylic acids is 1. The van der Waals surface area contributed by atoms with Crippen LogP contribution in [0.5, 0.6) is 0 Å². The first kappa shape index (κ1) is 18.9. The van der Waals surface area contributed by atoms with E-state index in [4.69, 9.17) is 5.11 Å². The Hall–Kier alpha value is -1.45. The molecule has 9 heteroatoms. The zero-order valence-electron chi connectivity index (χ0n) is 13.8. The molecule has 1 N–H and O–H groups in total. The summed E-state index contributed by atoms with van der Waals surface area (Å²) in [5, 5.41) is 8.67. The van der Waals surface area contributed by atoms with Gasteiger partial charge in [0.1, 0.15) is 4.21 Å². The molecule has 1 saturated heterocycles. The highest BCUT2D eigenvalue weighted by Gasteiger charge is 2.30. The van der Waals surface area contributed by atoms with Crippen LogP contribution in [-0.4, -0.2) is 61.3 Å². The first-order valence-corrected chi connectivity index (χ1v) is 10.0. The summed E-state index contributed by atoms with van der Waals surface area (Å²) in [6.45, 7) is 3.20. The van der Waals surface area contributed by atoms with Crippen molar-refractivity contribution in [1.29, 1.82) is 0 Å². The van der Waals surface area contributed by atoms with E-state index in [0.717, 1.165) is 24.2 Å². The van der Waals surface area contributed by atoms with Gasteiger partial charge in [-0.3, -0.25) is 9.59 Å². The SMILES string of the molecule is CC1CCN(S(=O)(=O)c2ccc(C(=O)N(C)CCC(=O)O)s2)CC1. The minimum Gasteiger partial charge on any atom is -0.481 e. The molecule has 0 radical (unpaired) electrons. The van der Waals surface area contributed by atoms with Crippen LogP contribution in [0.1, 0.15) is 35.9 Å². The zero-order valence-corrected chi connectivity index (χ0v) is 15.4. The molecule has 0 aromatic carbocycles. The fraction of sp³-hybridized carbons (Fsp3) is 0.600. The van der Waals surface area contributed by atoms with Crippen molar-refractivity contribution in [3.05, 3.63) is 17.0 Å². The van der Waals surface area contributed by atoms with E-state index in [1.807, 2.05) is 0 Å². The molecule has 1 amide bonds. The van der Waals surface area contributed by atoms with E-state index in [9.17, 15) is 18.0 Å². The monoisotopic (exact) mass is 374 g/mol. The van der Waals surface area contributed by atoms with Crippen LogP contribution in [-0.2, 0) is 14.8 Å². The summed E-state index contributed by atoms with van der Waals surface area (Å²) in [4.78, 5) is 24.4. The number of hydrogen-bond donors (Lipinski definition) is 1. The predicted molar refractivity (Wildman–Crippen MR) is 90.7 cm³/mol. The quantitative estimate of drug-likeness (QED) is 0.818. The number of sulfonamides is 1. The van der Waals surface area contributed by atoms with Gasteiger partial charge in [0.05, 0.1) is 11.3 Å². The van der Waals surface area contributed by atoms with Crippen LogP contribution in [0.4, 0.5) is 0 Å². The van der Waals surface area contributed by atoms with Crippen molar-refractivity contribution >= 4 is 33.2 Å². The van der Waals surface area contributed by atoms with Gasteiger partial charge in [0.15, 0.2) is 0 Å². The molecule has 0 saturated carbocycles. The highest BCUT2D eigenvalue weighted by atomic mass is 32.2. The number of aliphatic carboxylic acids is 1. The third-order valence-electron chi connectivity index (χ3n) is 4.14. The second kappa shape index (κ2) is 7.62. The van der Waals surface area contributed by atoms with Crippen molar-refractivity contribution in [2.45, 2.75) is 30.4 Å². The number of amides is 1. The molecule has 0 unspecified atom stereocenters. The Morgan fingerprint density at radius 1 is 1.33 bits per heavy atom. The third-order valence-corrected chi connectivity index (χ3v) is 7.58. The van der Waals surface area contributed by atoms with E-state index < -0.39 is 16.0 Å². The minimum atomic E-state index is -3.56. The highest BCUT2D eigenvalue weighted by molar-refractivity contribution is 7.91. The zero-order chi connectivity index (χ0) is 17.9. The number of carbonyl (C=O) groups is 2. The molecule has 0 atom stereocenters. The Kier molecular flexibility index (Phi) is 6.00. The molecule has 2 rings (SSSR count). The van der Waals surface area contributed by atoms with E-state index in [1.54, 1.807) is 0 Å². The van der Waals surface area contributed by atoms with Gasteiger partial charge in [-0.05, 0) is 30.9 Å². The van der Waals surface area contributed by atoms with Crippen LogP contribution in [0.15, 0.2) is 16.3 Å². The molecule has 1 fully saturated rings. The Labute approximate surface area is 145 Å². The Morgan fingerprint density at radius 3 is 2.54 bits per heavy atom. The summed E-state index contributed by atoms with van der Waals surface area (Å²) >= 11 is 0.937. The number of carboxylic acid groups (broad SMARTS) is 1. The molecular formula is C15H22N2O5S2. The second-order valence-corrected chi connectivity index (χ2v) is 9.32. The van der Waals surface area contributed by atoms with E-state index in [1.165, 1.54) is 28.4 Å². The lowest BCUT2D eigenvalue weighted by molar-refractivity contribution is -0.137. The summed E-state index contributed by atoms with van der Waals surface area (Å²) in [5.41, 5.74) is 0. The minimum absolute atomic E-state index is 0.0815. The predicted octanol–water partition coefficient (Wildman–Crippen LogP) is 1.72. The first-order chi connectivity index (χ1) is 11.2. The molecule has 24 heavy (non-hydrogen) atoms. The molecule has 1 aliphatic heterocycles. The summed E-state index contributed by atoms with van der Waals surface area (Å²) in [5.74, 6) is -0.821. The molecule has 1 aromatic rings. The molecule has 0 bridgehead atoms. The van der Waals surface area contributed by atoms with E-state index in [0.29, 0.717) is 23.9 Å². The van der Waals surface area contributed by atoms with Crippen molar-refractivity contribution < 1.29 is 23.1 Å². The van der Waals surface area contributed by atoms with Gasteiger partial charge in [0, 0.05) is 26.7 Å². The van der Waals surface area contributed by atoms with Crippen LogP contribution in [0.3, 0.4) is 0 Å². The maximum Gasteiger partial charge on any atom is 0.305 e. The number of carboxylic acids is 1. The molecule has 2 heterocycles. The summed E-state index contributed by atoms with van der Waals surface area (Å²) in [6, 6.07) is 2.94. The van der Waals surface area contributed by atoms with Crippen molar-refractivity contribution in [3.8, 4) is 0 Å². The second-order valence-electron chi connectivity index (χ2n) is 6.08. The Bertz CT molecular complexity index is 705. The molecule has 7 nitrogen and oxygen atoms in total. The third kappa shape index (κ3) is 4.34. The summed E-state index contributed by atoms with van der Waals surface area (Å²) in [7, 11) is -2.06. The van der Waals surface area contributed by atoms with Gasteiger partial charge in [-0.15, -0.1) is 11.3 Å². The average Bonchev–Trinajstić information content (AvgIpc) is 3.03. The lowest BCUT2D eigenvalue weighted by Crippen LogP contribution is -2.37. The van der Waals surface area contributed by atoms with Crippen molar-refractivity contribution in [1.82, 2.24) is 9.21 Å². The topological polar surface area (TPSA) is 95.0 Å². The van der Waals surface area contributed by atoms with Crippen LogP contribution >= 0.6 is 11.3 Å². The van der Waals surface area contributed by atoms with Crippen LogP contribution in [0, 0.1) is 5.92 Å². The smallest absolute Gasteiger partial charge is 0.305 e. The van der Waals surface area contributed by atoms with Crippen LogP contribution in [0.25, 0.3) is 0 Å². The van der Waals surface area contributed by atoms with Crippen LogP contribution < -0.4 is 0 Å². The van der Waals surface area contributed by atoms with E-state index >= 15 is 0 Å². The largest absolute Gasteiger partial charge is 0.481 e. The van der Waals surface area contributed by atoms with E-state index in [-0.39, 0.29) is 23.1 Å². The number of hydrogen-bond acceptors (Lipinski definition) is 5. The lowest BCUT2D eigenvalue weighted by atomic mass is 10.0. The Balaban J connectivity index is 2.09. The highest BCUT2D eigenvalue weighted by Crippen LogP contribution is 2.28. The molecule has 0 spiro atoms. The van der Waals surface area contributed by atoms with Crippen molar-refractivity contribution in [2.75, 3.05) is 26.7 Å². The van der Waals surface area contributed by atoms with Gasteiger partial charge in [0.2, 0.25) is 0 Å². The maximum absolute atomic E-state index is 12.6. The van der Waals surface area contributed by atoms with Crippen LogP contribution in [0.2, 0.25) is 0 Å². The van der Waals surface area contributed by atoms with Gasteiger partial charge < -0.3 is 10.0 Å². The molecule has 134 valence electrons. The molecule has 0 aliphatic carbocycles. The lowest BCUT2D eigenvalue weighted by Gasteiger charge is -2.28. The van der Waals surface area contributed by atoms with Gasteiger partial charge in [0.25, 0.3) is 15.9 Å². The van der Waals surface area contributed by atoms with Crippen molar-refractivity contribution in [2.24, 2.45) is 5.92 Å². The number of nitrogens with zero attached hydrogens (tertiary/aromatic N) is 2. The normalized spacial score (nSPS) is 16.9. The fourth-order valence-corrected chi connectivity index (χ4v) is 5.40. The first-order valence-electron chi connectivity index (χ1n) is 7.79. The Morgan fingerprint density at radius 2 is 1.96 bits per heavy atom. The average molecular weight is 374 g/mol. The van der Waals surface area contributed by atoms with Crippen molar-refractivity contribution in [3.63, 3.8) is 0 Å². The maximum atomic E-state index is 12.6. The number of rotatable bonds is 6. The fourth-order valence-electron chi connectivity index (χ4n) is 2.48. The molecule has 1 aliphatic rings. The van der Waals surface area contributed by atoms with Gasteiger partial charge in [-0.1, -0.05) is 6.92 Å². The summed E-state index contributed by atoms with van der Waals surface area (Å²) in [6.07, 6.45) is 1.54. The molecular weight excluding hydrogens is 352 g/mol. The summed E-state index contributed by atoms with van der Waals surface area (Å²) < 4.78 is 26.9. The van der Waals surface area contributed by atoms with Gasteiger partial charge in [-0.2, -0.15) is 4.31 Å². The van der Waals surface area contributed by atoms with Gasteiger partial charge in [-0.25, -0.2) is 8.42 Å². The number of piperidine rings is 1. The standard InChI is InChI=1S/C15H22N2O5S2/c1-11-5-9-17(10-6-11)24(21,22)14-4-3-12(23-14)15(20)16(2)8-7-13(18)19/h3-4,11H,5-10H2,1-2H3,(H,18,19).